The average molecular weight is 290 g/mol. The lowest BCUT2D eigenvalue weighted by atomic mass is 10.1. The molecular weight excluding hydrogens is 268 g/mol. The number of amides is 2. The highest BCUT2D eigenvalue weighted by atomic mass is 16.3. The molecule has 1 aromatic rings. The van der Waals surface area contributed by atoms with Crippen LogP contribution < -0.4 is 5.32 Å². The SMILES string of the molecule is CN(CC(C)(C)O)C(=O)c1ccc(NC(=O)C2CC2)cc1. The van der Waals surface area contributed by atoms with Crippen molar-refractivity contribution in [2.45, 2.75) is 32.3 Å². The molecule has 5 heteroatoms. The molecule has 1 aliphatic carbocycles. The minimum atomic E-state index is -0.928. The van der Waals surface area contributed by atoms with Crippen molar-refractivity contribution < 1.29 is 14.7 Å². The van der Waals surface area contributed by atoms with Gasteiger partial charge in [0, 0.05) is 30.8 Å². The highest BCUT2D eigenvalue weighted by Gasteiger charge is 2.29. The molecule has 0 unspecified atom stereocenters. The molecule has 2 N–H and O–H groups in total. The quantitative estimate of drug-likeness (QED) is 0.870. The number of aliphatic hydroxyl groups is 1. The third kappa shape index (κ3) is 4.56. The molecule has 2 amide bonds. The fourth-order valence-electron chi connectivity index (χ4n) is 2.16. The predicted molar refractivity (Wildman–Crippen MR) is 81.1 cm³/mol. The fraction of sp³-hybridized carbons (Fsp3) is 0.500. The first kappa shape index (κ1) is 15.5. The van der Waals surface area contributed by atoms with Gasteiger partial charge >= 0.3 is 0 Å². The zero-order valence-electron chi connectivity index (χ0n) is 12.7. The smallest absolute Gasteiger partial charge is 0.253 e. The van der Waals surface area contributed by atoms with Crippen molar-refractivity contribution in [2.24, 2.45) is 5.92 Å². The number of nitrogens with one attached hydrogen (secondary N) is 1. The minimum absolute atomic E-state index is 0.0493. The molecule has 1 aromatic carbocycles. The van der Waals surface area contributed by atoms with E-state index in [0.29, 0.717) is 11.3 Å². The number of hydrogen-bond acceptors (Lipinski definition) is 3. The summed E-state index contributed by atoms with van der Waals surface area (Å²) in [5.41, 5.74) is 0.308. The van der Waals surface area contributed by atoms with E-state index in [9.17, 15) is 14.7 Å². The summed E-state index contributed by atoms with van der Waals surface area (Å²) in [5.74, 6) is 0.0506. The Kier molecular flexibility index (Phi) is 4.32. The second-order valence-electron chi connectivity index (χ2n) is 6.31. The first-order valence-corrected chi connectivity index (χ1v) is 7.15. The molecule has 0 bridgehead atoms. The molecule has 0 radical (unpaired) electrons. The third-order valence-corrected chi connectivity index (χ3v) is 3.32. The van der Waals surface area contributed by atoms with E-state index in [1.165, 1.54) is 4.90 Å². The Hall–Kier alpha value is -1.88. The van der Waals surface area contributed by atoms with Crippen LogP contribution in [0.4, 0.5) is 5.69 Å². The molecule has 0 aliphatic heterocycles. The number of carbonyl (C=O) groups is 2. The van der Waals surface area contributed by atoms with Crippen molar-refractivity contribution in [1.29, 1.82) is 0 Å². The predicted octanol–water partition coefficient (Wildman–Crippen LogP) is 1.88. The van der Waals surface area contributed by atoms with Crippen LogP contribution in [0.5, 0.6) is 0 Å². The van der Waals surface area contributed by atoms with Crippen LogP contribution in [0.3, 0.4) is 0 Å². The summed E-state index contributed by atoms with van der Waals surface area (Å²) in [7, 11) is 1.66. The van der Waals surface area contributed by atoms with Gasteiger partial charge in [-0.3, -0.25) is 9.59 Å². The van der Waals surface area contributed by atoms with E-state index in [2.05, 4.69) is 5.32 Å². The molecule has 0 heterocycles. The highest BCUT2D eigenvalue weighted by Crippen LogP contribution is 2.30. The van der Waals surface area contributed by atoms with E-state index in [4.69, 9.17) is 0 Å². The molecule has 0 saturated heterocycles. The van der Waals surface area contributed by atoms with E-state index >= 15 is 0 Å². The topological polar surface area (TPSA) is 69.6 Å². The van der Waals surface area contributed by atoms with Crippen LogP contribution in [-0.4, -0.2) is 41.0 Å². The number of anilines is 1. The van der Waals surface area contributed by atoms with Crippen LogP contribution in [0.1, 0.15) is 37.0 Å². The average Bonchev–Trinajstić information content (AvgIpc) is 3.21. The summed E-state index contributed by atoms with van der Waals surface area (Å²) in [6.07, 6.45) is 1.92. The normalized spacial score (nSPS) is 14.7. The van der Waals surface area contributed by atoms with Crippen molar-refractivity contribution in [2.75, 3.05) is 18.9 Å². The number of likely N-dealkylation sites (N-methyl/N-ethyl adjacent to an activating group) is 1. The number of carbonyl (C=O) groups excluding carboxylic acids is 2. The second-order valence-corrected chi connectivity index (χ2v) is 6.31. The van der Waals surface area contributed by atoms with Crippen molar-refractivity contribution in [3.05, 3.63) is 29.8 Å². The summed E-state index contributed by atoms with van der Waals surface area (Å²) in [5, 5.41) is 12.6. The summed E-state index contributed by atoms with van der Waals surface area (Å²) >= 11 is 0. The maximum atomic E-state index is 12.2. The molecule has 21 heavy (non-hydrogen) atoms. The Bertz CT molecular complexity index is 527. The van der Waals surface area contributed by atoms with Gasteiger partial charge in [-0.05, 0) is 51.0 Å². The Morgan fingerprint density at radius 2 is 1.86 bits per heavy atom. The summed E-state index contributed by atoms with van der Waals surface area (Å²) in [6.45, 7) is 3.58. The maximum Gasteiger partial charge on any atom is 0.253 e. The number of hydrogen-bond donors (Lipinski definition) is 2. The summed E-state index contributed by atoms with van der Waals surface area (Å²) < 4.78 is 0. The van der Waals surface area contributed by atoms with Gasteiger partial charge in [0.1, 0.15) is 0 Å². The van der Waals surface area contributed by atoms with Crippen LogP contribution in [-0.2, 0) is 4.79 Å². The van der Waals surface area contributed by atoms with Gasteiger partial charge in [-0.1, -0.05) is 0 Å². The molecule has 1 saturated carbocycles. The molecule has 2 rings (SSSR count). The van der Waals surface area contributed by atoms with E-state index in [1.54, 1.807) is 45.2 Å². The van der Waals surface area contributed by atoms with Crippen molar-refractivity contribution in [1.82, 2.24) is 4.90 Å². The first-order chi connectivity index (χ1) is 9.76. The van der Waals surface area contributed by atoms with Crippen molar-refractivity contribution in [3.8, 4) is 0 Å². The maximum absolute atomic E-state index is 12.2. The zero-order valence-corrected chi connectivity index (χ0v) is 12.7. The minimum Gasteiger partial charge on any atom is -0.389 e. The Balaban J connectivity index is 1.97. The van der Waals surface area contributed by atoms with Gasteiger partial charge in [-0.2, -0.15) is 0 Å². The van der Waals surface area contributed by atoms with E-state index in [-0.39, 0.29) is 24.3 Å². The first-order valence-electron chi connectivity index (χ1n) is 7.15. The molecule has 0 spiro atoms. The van der Waals surface area contributed by atoms with Gasteiger partial charge in [0.25, 0.3) is 5.91 Å². The van der Waals surface area contributed by atoms with Gasteiger partial charge in [-0.25, -0.2) is 0 Å². The summed E-state index contributed by atoms with van der Waals surface area (Å²) in [4.78, 5) is 25.3. The van der Waals surface area contributed by atoms with Crippen LogP contribution in [0.2, 0.25) is 0 Å². The summed E-state index contributed by atoms with van der Waals surface area (Å²) in [6, 6.07) is 6.83. The highest BCUT2D eigenvalue weighted by molar-refractivity contribution is 5.96. The second kappa shape index (κ2) is 5.85. The molecule has 1 aliphatic rings. The molecule has 0 atom stereocenters. The van der Waals surface area contributed by atoms with Gasteiger partial charge in [0.15, 0.2) is 0 Å². The van der Waals surface area contributed by atoms with Crippen molar-refractivity contribution in [3.63, 3.8) is 0 Å². The fourth-order valence-corrected chi connectivity index (χ4v) is 2.16. The lowest BCUT2D eigenvalue weighted by Gasteiger charge is -2.25. The lowest BCUT2D eigenvalue weighted by molar-refractivity contribution is -0.117. The van der Waals surface area contributed by atoms with E-state index in [0.717, 1.165) is 12.8 Å². The van der Waals surface area contributed by atoms with Gasteiger partial charge in [-0.15, -0.1) is 0 Å². The van der Waals surface area contributed by atoms with E-state index < -0.39 is 5.60 Å². The molecule has 5 nitrogen and oxygen atoms in total. The molecule has 1 fully saturated rings. The van der Waals surface area contributed by atoms with Crippen LogP contribution in [0, 0.1) is 5.92 Å². The Labute approximate surface area is 125 Å². The van der Waals surface area contributed by atoms with Gasteiger partial charge in [0.05, 0.1) is 5.60 Å². The number of rotatable bonds is 5. The van der Waals surface area contributed by atoms with Crippen LogP contribution >= 0.6 is 0 Å². The van der Waals surface area contributed by atoms with Crippen LogP contribution in [0.15, 0.2) is 24.3 Å². The zero-order chi connectivity index (χ0) is 15.6. The molecule has 114 valence electrons. The standard InChI is InChI=1S/C16H22N2O3/c1-16(2,21)10-18(3)15(20)12-6-8-13(9-7-12)17-14(19)11-4-5-11/h6-9,11,21H,4-5,10H2,1-3H3,(H,17,19). The number of benzene rings is 1. The van der Waals surface area contributed by atoms with Crippen LogP contribution in [0.25, 0.3) is 0 Å². The van der Waals surface area contributed by atoms with Crippen molar-refractivity contribution >= 4 is 17.5 Å². The van der Waals surface area contributed by atoms with E-state index in [1.807, 2.05) is 0 Å². The third-order valence-electron chi connectivity index (χ3n) is 3.32. The number of nitrogens with zero attached hydrogens (tertiary/aromatic N) is 1. The van der Waals surface area contributed by atoms with Gasteiger partial charge < -0.3 is 15.3 Å². The Morgan fingerprint density at radius 1 is 1.29 bits per heavy atom. The van der Waals surface area contributed by atoms with Gasteiger partial charge in [0.2, 0.25) is 5.91 Å². The lowest BCUT2D eigenvalue weighted by Crippen LogP contribution is -2.39. The molecule has 0 aromatic heterocycles. The molecular formula is C16H22N2O3. The monoisotopic (exact) mass is 290 g/mol. The largest absolute Gasteiger partial charge is 0.389 e. The Morgan fingerprint density at radius 3 is 2.33 bits per heavy atom.